The molecule has 0 saturated carbocycles. The zero-order valence-corrected chi connectivity index (χ0v) is 7.89. The van der Waals surface area contributed by atoms with Crippen LogP contribution in [-0.2, 0) is 9.47 Å². The molecule has 11 heavy (non-hydrogen) atoms. The van der Waals surface area contributed by atoms with Gasteiger partial charge in [-0.3, -0.25) is 0 Å². The molecule has 2 unspecified atom stereocenters. The van der Waals surface area contributed by atoms with Crippen molar-refractivity contribution in [1.82, 2.24) is 0 Å². The Bertz CT molecular complexity index is 118. The number of hydrogen-bond acceptors (Lipinski definition) is 2. The summed E-state index contributed by atoms with van der Waals surface area (Å²) in [6.45, 7) is 9.97. The third kappa shape index (κ3) is 2.46. The van der Waals surface area contributed by atoms with Crippen molar-refractivity contribution >= 4 is 0 Å². The maximum absolute atomic E-state index is 5.55. The van der Waals surface area contributed by atoms with Crippen LogP contribution in [-0.4, -0.2) is 19.0 Å². The molecule has 0 aromatic heterocycles. The van der Waals surface area contributed by atoms with E-state index in [1.807, 2.05) is 13.8 Å². The van der Waals surface area contributed by atoms with Crippen molar-refractivity contribution in [2.45, 2.75) is 33.5 Å². The van der Waals surface area contributed by atoms with Crippen molar-refractivity contribution in [2.24, 2.45) is 11.8 Å². The van der Waals surface area contributed by atoms with Crippen molar-refractivity contribution < 1.29 is 9.47 Å². The highest BCUT2D eigenvalue weighted by Gasteiger charge is 2.27. The van der Waals surface area contributed by atoms with E-state index in [1.54, 1.807) is 0 Å². The highest BCUT2D eigenvalue weighted by atomic mass is 16.7. The molecule has 1 fully saturated rings. The first-order chi connectivity index (χ1) is 5.01. The molecule has 2 nitrogen and oxygen atoms in total. The fourth-order valence-corrected chi connectivity index (χ4v) is 1.03. The van der Waals surface area contributed by atoms with Gasteiger partial charge in [0.25, 0.3) is 0 Å². The Labute approximate surface area is 68.9 Å². The van der Waals surface area contributed by atoms with E-state index in [1.165, 1.54) is 0 Å². The predicted molar refractivity (Wildman–Crippen MR) is 44.3 cm³/mol. The summed E-state index contributed by atoms with van der Waals surface area (Å²) in [5, 5.41) is 0. The normalized spacial score (nSPS) is 38.2. The van der Waals surface area contributed by atoms with E-state index in [4.69, 9.17) is 9.47 Å². The molecule has 0 amide bonds. The highest BCUT2D eigenvalue weighted by molar-refractivity contribution is 4.67. The molecule has 0 aromatic carbocycles. The summed E-state index contributed by atoms with van der Waals surface area (Å²) < 4.78 is 11.1. The van der Waals surface area contributed by atoms with Gasteiger partial charge in [-0.2, -0.15) is 0 Å². The van der Waals surface area contributed by atoms with Gasteiger partial charge in [0.15, 0.2) is 5.79 Å². The summed E-state index contributed by atoms with van der Waals surface area (Å²) >= 11 is 0. The van der Waals surface area contributed by atoms with Crippen molar-refractivity contribution in [3.05, 3.63) is 0 Å². The lowest BCUT2D eigenvalue weighted by atomic mass is 9.98. The lowest BCUT2D eigenvalue weighted by molar-refractivity contribution is -0.202. The smallest absolute Gasteiger partial charge is 0.162 e. The monoisotopic (exact) mass is 158 g/mol. The molecule has 2 heteroatoms. The number of rotatable bonds is 0. The molecule has 1 saturated heterocycles. The van der Waals surface area contributed by atoms with Crippen LogP contribution in [0.5, 0.6) is 0 Å². The molecule has 0 aromatic rings. The summed E-state index contributed by atoms with van der Waals surface area (Å²) in [6.07, 6.45) is 0. The van der Waals surface area contributed by atoms with Crippen molar-refractivity contribution in [2.75, 3.05) is 13.2 Å². The van der Waals surface area contributed by atoms with E-state index < -0.39 is 0 Å². The van der Waals surface area contributed by atoms with E-state index in [9.17, 15) is 0 Å². The maximum atomic E-state index is 5.55. The van der Waals surface area contributed by atoms with Crippen LogP contribution in [0.15, 0.2) is 0 Å². The van der Waals surface area contributed by atoms with Gasteiger partial charge in [-0.25, -0.2) is 0 Å². The second-order valence-electron chi connectivity index (χ2n) is 3.98. The molecule has 66 valence electrons. The Morgan fingerprint density at radius 2 is 1.36 bits per heavy atom. The van der Waals surface area contributed by atoms with E-state index in [0.29, 0.717) is 11.8 Å². The SMILES string of the molecule is CC1COC(C)(C)OCC1C. The van der Waals surface area contributed by atoms with Crippen LogP contribution in [0.3, 0.4) is 0 Å². The summed E-state index contributed by atoms with van der Waals surface area (Å²) in [7, 11) is 0. The van der Waals surface area contributed by atoms with Crippen LogP contribution < -0.4 is 0 Å². The molecule has 1 rings (SSSR count). The summed E-state index contributed by atoms with van der Waals surface area (Å²) in [5.41, 5.74) is 0. The second-order valence-corrected chi connectivity index (χ2v) is 3.98. The maximum Gasteiger partial charge on any atom is 0.162 e. The van der Waals surface area contributed by atoms with Gasteiger partial charge in [-0.1, -0.05) is 13.8 Å². The van der Waals surface area contributed by atoms with Crippen molar-refractivity contribution in [1.29, 1.82) is 0 Å². The fraction of sp³-hybridized carbons (Fsp3) is 1.00. The summed E-state index contributed by atoms with van der Waals surface area (Å²) in [5.74, 6) is 0.840. The predicted octanol–water partition coefficient (Wildman–Crippen LogP) is 2.04. The molecule has 0 spiro atoms. The lowest BCUT2D eigenvalue weighted by Crippen LogP contribution is -2.27. The number of hydrogen-bond donors (Lipinski definition) is 0. The van der Waals surface area contributed by atoms with Gasteiger partial charge in [-0.15, -0.1) is 0 Å². The molecule has 1 aliphatic heterocycles. The highest BCUT2D eigenvalue weighted by Crippen LogP contribution is 2.23. The van der Waals surface area contributed by atoms with E-state index >= 15 is 0 Å². The topological polar surface area (TPSA) is 18.5 Å². The van der Waals surface area contributed by atoms with E-state index in [0.717, 1.165) is 13.2 Å². The Kier molecular flexibility index (Phi) is 2.55. The first-order valence-corrected chi connectivity index (χ1v) is 4.29. The molecule has 2 atom stereocenters. The van der Waals surface area contributed by atoms with Crippen LogP contribution in [0.1, 0.15) is 27.7 Å². The first kappa shape index (κ1) is 9.01. The molecular weight excluding hydrogens is 140 g/mol. The third-order valence-corrected chi connectivity index (χ3v) is 2.36. The quantitative estimate of drug-likeness (QED) is 0.537. The number of ether oxygens (including phenoxy) is 2. The molecule has 1 aliphatic rings. The van der Waals surface area contributed by atoms with Crippen LogP contribution in [0.4, 0.5) is 0 Å². The van der Waals surface area contributed by atoms with Gasteiger partial charge in [0.2, 0.25) is 0 Å². The fourth-order valence-electron chi connectivity index (χ4n) is 1.03. The Hall–Kier alpha value is -0.0800. The Morgan fingerprint density at radius 3 is 1.73 bits per heavy atom. The Balaban J connectivity index is 2.51. The molecule has 0 radical (unpaired) electrons. The van der Waals surface area contributed by atoms with Crippen LogP contribution in [0.25, 0.3) is 0 Å². The molecule has 0 aliphatic carbocycles. The lowest BCUT2D eigenvalue weighted by Gasteiger charge is -2.22. The molecule has 0 bridgehead atoms. The average Bonchev–Trinajstić information content (AvgIpc) is 2.03. The molecule has 1 heterocycles. The summed E-state index contributed by atoms with van der Waals surface area (Å²) in [6, 6.07) is 0. The zero-order chi connectivity index (χ0) is 8.48. The summed E-state index contributed by atoms with van der Waals surface area (Å²) in [4.78, 5) is 0. The van der Waals surface area contributed by atoms with Gasteiger partial charge in [0, 0.05) is 0 Å². The van der Waals surface area contributed by atoms with Crippen LogP contribution in [0.2, 0.25) is 0 Å². The minimum absolute atomic E-state index is 0.376. The first-order valence-electron chi connectivity index (χ1n) is 4.29. The Morgan fingerprint density at radius 1 is 1.00 bits per heavy atom. The minimum atomic E-state index is -0.376. The van der Waals surface area contributed by atoms with Gasteiger partial charge >= 0.3 is 0 Å². The van der Waals surface area contributed by atoms with Crippen LogP contribution in [0, 0.1) is 11.8 Å². The molecule has 0 N–H and O–H groups in total. The second kappa shape index (κ2) is 3.11. The van der Waals surface area contributed by atoms with Gasteiger partial charge < -0.3 is 9.47 Å². The van der Waals surface area contributed by atoms with E-state index in [-0.39, 0.29) is 5.79 Å². The van der Waals surface area contributed by atoms with Gasteiger partial charge in [0.05, 0.1) is 13.2 Å². The van der Waals surface area contributed by atoms with E-state index in [2.05, 4.69) is 13.8 Å². The minimum Gasteiger partial charge on any atom is -0.350 e. The molecular formula is C9H18O2. The van der Waals surface area contributed by atoms with Gasteiger partial charge in [-0.05, 0) is 25.7 Å². The van der Waals surface area contributed by atoms with Crippen molar-refractivity contribution in [3.8, 4) is 0 Å². The largest absolute Gasteiger partial charge is 0.350 e. The standard InChI is InChI=1S/C9H18O2/c1-7-5-10-9(3,4)11-6-8(7)2/h7-8H,5-6H2,1-4H3. The van der Waals surface area contributed by atoms with Gasteiger partial charge in [0.1, 0.15) is 0 Å². The van der Waals surface area contributed by atoms with Crippen LogP contribution >= 0.6 is 0 Å². The van der Waals surface area contributed by atoms with Crippen molar-refractivity contribution in [3.63, 3.8) is 0 Å². The third-order valence-electron chi connectivity index (χ3n) is 2.36. The zero-order valence-electron chi connectivity index (χ0n) is 7.89. The average molecular weight is 158 g/mol.